The fourth-order valence-corrected chi connectivity index (χ4v) is 4.79. The largest absolute Gasteiger partial charge is 0.508 e. The van der Waals surface area contributed by atoms with E-state index in [1.165, 1.54) is 0 Å². The quantitative estimate of drug-likeness (QED) is 0.478. The van der Waals surface area contributed by atoms with Gasteiger partial charge in [0.05, 0.1) is 31.8 Å². The molecule has 0 bridgehead atoms. The van der Waals surface area contributed by atoms with Gasteiger partial charge in [-0.05, 0) is 0 Å². The molecule has 0 N–H and O–H groups in total. The monoisotopic (exact) mass is 330 g/mol. The summed E-state index contributed by atoms with van der Waals surface area (Å²) in [6, 6.07) is 0. The van der Waals surface area contributed by atoms with Crippen molar-refractivity contribution in [1.29, 1.82) is 0 Å². The Balaban J connectivity index is 2.15. The van der Waals surface area contributed by atoms with Gasteiger partial charge in [-0.25, -0.2) is 4.79 Å². The third kappa shape index (κ3) is 3.59. The van der Waals surface area contributed by atoms with Gasteiger partial charge in [0.15, 0.2) is 0 Å². The highest BCUT2D eigenvalue weighted by Gasteiger charge is 2.45. The Kier molecular flexibility index (Phi) is 4.23. The van der Waals surface area contributed by atoms with Crippen molar-refractivity contribution in [3.05, 3.63) is 0 Å². The van der Waals surface area contributed by atoms with Crippen LogP contribution in [0.5, 0.6) is 0 Å². The topological polar surface area (TPSA) is 122 Å². The molecule has 0 aromatic rings. The lowest BCUT2D eigenvalue weighted by atomic mass is 9.94. The van der Waals surface area contributed by atoms with E-state index in [0.29, 0.717) is 0 Å². The van der Waals surface area contributed by atoms with Gasteiger partial charge in [-0.1, -0.05) is 0 Å². The van der Waals surface area contributed by atoms with Gasteiger partial charge >= 0.3 is 6.16 Å². The van der Waals surface area contributed by atoms with Crippen molar-refractivity contribution in [2.45, 2.75) is 6.10 Å². The molecule has 116 valence electrons. The van der Waals surface area contributed by atoms with Gasteiger partial charge in [-0.3, -0.25) is 8.37 Å². The summed E-state index contributed by atoms with van der Waals surface area (Å²) in [6.45, 7) is -0.332. The molecule has 0 spiro atoms. The predicted octanol–water partition coefficient (Wildman–Crippen LogP) is -0.910. The molecule has 2 fully saturated rings. The molecular weight excluding hydrogens is 316 g/mol. The molecule has 20 heavy (non-hydrogen) atoms. The van der Waals surface area contributed by atoms with Crippen molar-refractivity contribution in [2.24, 2.45) is 11.8 Å². The molecule has 11 heteroatoms. The Morgan fingerprint density at radius 3 is 1.80 bits per heavy atom. The summed E-state index contributed by atoms with van der Waals surface area (Å²) in [4.78, 5) is 11.2. The Morgan fingerprint density at radius 2 is 1.50 bits per heavy atom. The second-order valence-electron chi connectivity index (χ2n) is 4.57. The van der Waals surface area contributed by atoms with Crippen molar-refractivity contribution in [1.82, 2.24) is 0 Å². The highest BCUT2D eigenvalue weighted by molar-refractivity contribution is 7.87. The van der Waals surface area contributed by atoms with Crippen LogP contribution < -0.4 is 0 Å². The zero-order valence-electron chi connectivity index (χ0n) is 10.6. The number of carbonyl (C=O) groups excluding carboxylic acids is 1. The van der Waals surface area contributed by atoms with Crippen molar-refractivity contribution in [3.63, 3.8) is 0 Å². The average molecular weight is 330 g/mol. The SMILES string of the molecule is COC(=O)OC(C1COS(=O)(=O)C1)C1COS(=O)(=O)C1. The number of hydrogen-bond acceptors (Lipinski definition) is 9. The first-order chi connectivity index (χ1) is 9.22. The summed E-state index contributed by atoms with van der Waals surface area (Å²) in [5.74, 6) is -1.99. The second kappa shape index (κ2) is 5.47. The van der Waals surface area contributed by atoms with E-state index in [1.54, 1.807) is 0 Å². The molecule has 0 amide bonds. The number of rotatable bonds is 3. The predicted molar refractivity (Wildman–Crippen MR) is 63.7 cm³/mol. The van der Waals surface area contributed by atoms with Gasteiger partial charge < -0.3 is 9.47 Å². The fourth-order valence-electron chi connectivity index (χ4n) is 2.21. The smallest absolute Gasteiger partial charge is 0.438 e. The standard InChI is InChI=1S/C9H14O9S2/c1-15-9(10)18-8(6-2-16-19(11,12)4-6)7-3-17-20(13,14)5-7/h6-8H,2-5H2,1H3. The van der Waals surface area contributed by atoms with Gasteiger partial charge in [-0.15, -0.1) is 0 Å². The zero-order valence-corrected chi connectivity index (χ0v) is 12.2. The van der Waals surface area contributed by atoms with Gasteiger partial charge in [0, 0.05) is 11.8 Å². The molecule has 9 nitrogen and oxygen atoms in total. The highest BCUT2D eigenvalue weighted by Crippen LogP contribution is 2.30. The van der Waals surface area contributed by atoms with Crippen LogP contribution in [-0.4, -0.2) is 60.9 Å². The summed E-state index contributed by atoms with van der Waals surface area (Å²) in [5, 5.41) is 0. The maximum absolute atomic E-state index is 11.3. The van der Waals surface area contributed by atoms with E-state index >= 15 is 0 Å². The van der Waals surface area contributed by atoms with Crippen LogP contribution in [0.2, 0.25) is 0 Å². The van der Waals surface area contributed by atoms with Crippen LogP contribution in [0.3, 0.4) is 0 Å². The average Bonchev–Trinajstić information content (AvgIpc) is 2.88. The lowest BCUT2D eigenvalue weighted by Gasteiger charge is -2.24. The normalized spacial score (nSPS) is 32.6. The molecule has 2 saturated heterocycles. The van der Waals surface area contributed by atoms with E-state index in [2.05, 4.69) is 13.1 Å². The minimum absolute atomic E-state index is 0.166. The molecular formula is C9H14O9S2. The fraction of sp³-hybridized carbons (Fsp3) is 0.889. The molecule has 2 unspecified atom stereocenters. The van der Waals surface area contributed by atoms with E-state index in [-0.39, 0.29) is 24.7 Å². The summed E-state index contributed by atoms with van der Waals surface area (Å²) < 4.78 is 63.8. The first-order valence-electron chi connectivity index (χ1n) is 5.71. The maximum atomic E-state index is 11.3. The van der Waals surface area contributed by atoms with Crippen molar-refractivity contribution in [3.8, 4) is 0 Å². The minimum Gasteiger partial charge on any atom is -0.438 e. The van der Waals surface area contributed by atoms with Crippen molar-refractivity contribution in [2.75, 3.05) is 31.8 Å². The molecule has 2 aliphatic rings. The molecule has 0 aromatic heterocycles. The summed E-state index contributed by atoms with van der Waals surface area (Å²) in [6.07, 6.45) is -1.97. The summed E-state index contributed by atoms with van der Waals surface area (Å²) >= 11 is 0. The Labute approximate surface area is 116 Å². The summed E-state index contributed by atoms with van der Waals surface area (Å²) in [5.41, 5.74) is 0. The number of hydrogen-bond donors (Lipinski definition) is 0. The van der Waals surface area contributed by atoms with Crippen LogP contribution in [-0.2, 0) is 38.1 Å². The Morgan fingerprint density at radius 1 is 1.05 bits per heavy atom. The molecule has 2 aliphatic heterocycles. The van der Waals surface area contributed by atoms with E-state index < -0.39 is 44.3 Å². The first-order valence-corrected chi connectivity index (χ1v) is 8.87. The second-order valence-corrected chi connectivity index (χ2v) is 7.94. The third-order valence-electron chi connectivity index (χ3n) is 3.09. The number of ether oxygens (including phenoxy) is 2. The van der Waals surface area contributed by atoms with Gasteiger partial charge in [0.25, 0.3) is 20.2 Å². The molecule has 2 rings (SSSR count). The lowest BCUT2D eigenvalue weighted by molar-refractivity contribution is -0.0136. The third-order valence-corrected chi connectivity index (χ3v) is 5.75. The lowest BCUT2D eigenvalue weighted by Crippen LogP contribution is -2.38. The van der Waals surface area contributed by atoms with Crippen molar-refractivity contribution < 1.29 is 39.5 Å². The Bertz CT molecular complexity index is 535. The van der Waals surface area contributed by atoms with Crippen LogP contribution in [0.4, 0.5) is 4.79 Å². The van der Waals surface area contributed by atoms with Crippen LogP contribution in [0.25, 0.3) is 0 Å². The molecule has 0 saturated carbocycles. The van der Waals surface area contributed by atoms with Gasteiger partial charge in [0.1, 0.15) is 6.10 Å². The molecule has 2 atom stereocenters. The number of methoxy groups -OCH3 is 1. The maximum Gasteiger partial charge on any atom is 0.508 e. The van der Waals surface area contributed by atoms with Gasteiger partial charge in [0.2, 0.25) is 0 Å². The van der Waals surface area contributed by atoms with Gasteiger partial charge in [-0.2, -0.15) is 16.8 Å². The Hall–Kier alpha value is -0.910. The molecule has 0 aromatic carbocycles. The van der Waals surface area contributed by atoms with Crippen LogP contribution in [0.15, 0.2) is 0 Å². The molecule has 2 heterocycles. The van der Waals surface area contributed by atoms with Crippen molar-refractivity contribution >= 4 is 26.4 Å². The highest BCUT2D eigenvalue weighted by atomic mass is 32.2. The molecule has 0 aliphatic carbocycles. The minimum atomic E-state index is -3.66. The van der Waals surface area contributed by atoms with Crippen LogP contribution in [0.1, 0.15) is 0 Å². The van der Waals surface area contributed by atoms with Crippen LogP contribution >= 0.6 is 0 Å². The van der Waals surface area contributed by atoms with Crippen LogP contribution in [0, 0.1) is 11.8 Å². The molecule has 0 radical (unpaired) electrons. The summed E-state index contributed by atoms with van der Waals surface area (Å²) in [7, 11) is -6.23. The van der Waals surface area contributed by atoms with E-state index in [0.717, 1.165) is 7.11 Å². The zero-order chi connectivity index (χ0) is 15.0. The van der Waals surface area contributed by atoms with E-state index in [9.17, 15) is 21.6 Å². The van der Waals surface area contributed by atoms with E-state index in [1.807, 2.05) is 0 Å². The van der Waals surface area contributed by atoms with E-state index in [4.69, 9.17) is 4.74 Å². The first kappa shape index (κ1) is 15.5. The number of carbonyl (C=O) groups is 1.